The van der Waals surface area contributed by atoms with Gasteiger partial charge >= 0.3 is 0 Å². The van der Waals surface area contributed by atoms with E-state index in [-0.39, 0.29) is 18.3 Å². The van der Waals surface area contributed by atoms with E-state index in [2.05, 4.69) is 19.2 Å². The second-order valence-corrected chi connectivity index (χ2v) is 8.43. The fourth-order valence-corrected chi connectivity index (χ4v) is 3.40. The van der Waals surface area contributed by atoms with Gasteiger partial charge in [-0.3, -0.25) is 4.79 Å². The highest BCUT2D eigenvalue weighted by atomic mass is 35.5. The maximum atomic E-state index is 12.8. The van der Waals surface area contributed by atoms with Gasteiger partial charge in [0.25, 0.3) is 0 Å². The van der Waals surface area contributed by atoms with Gasteiger partial charge in [0.15, 0.2) is 0 Å². The predicted octanol–water partition coefficient (Wildman–Crippen LogP) is 6.16. The number of nitrogens with two attached hydrogens (primary N) is 1. The number of anilines is 1. The van der Waals surface area contributed by atoms with Crippen LogP contribution in [0.1, 0.15) is 44.2 Å². The number of carbonyl (C=O) groups is 1. The van der Waals surface area contributed by atoms with Gasteiger partial charge in [-0.1, -0.05) is 62.7 Å². The molecule has 1 atom stereocenters. The van der Waals surface area contributed by atoms with Crippen molar-refractivity contribution < 1.29 is 19.0 Å². The van der Waals surface area contributed by atoms with Crippen molar-refractivity contribution in [3.8, 4) is 17.2 Å². The molecule has 3 aromatic carbocycles. The molecular weight excluding hydrogens is 476 g/mol. The second kappa shape index (κ2) is 15.7. The maximum absolute atomic E-state index is 12.8. The van der Waals surface area contributed by atoms with E-state index < -0.39 is 6.04 Å². The van der Waals surface area contributed by atoms with Gasteiger partial charge < -0.3 is 25.3 Å². The summed E-state index contributed by atoms with van der Waals surface area (Å²) in [7, 11) is 0. The van der Waals surface area contributed by atoms with E-state index in [4.69, 9.17) is 19.9 Å². The Bertz CT molecular complexity index is 1040. The summed E-state index contributed by atoms with van der Waals surface area (Å²) in [6, 6.07) is 22.4. The Morgan fingerprint density at radius 2 is 1.56 bits per heavy atom. The Morgan fingerprint density at radius 3 is 2.25 bits per heavy atom. The van der Waals surface area contributed by atoms with Crippen LogP contribution in [0.15, 0.2) is 72.8 Å². The molecule has 1 amide bonds. The topological polar surface area (TPSA) is 82.8 Å². The van der Waals surface area contributed by atoms with Crippen LogP contribution >= 0.6 is 12.4 Å². The van der Waals surface area contributed by atoms with Crippen LogP contribution in [-0.4, -0.2) is 25.2 Å². The summed E-state index contributed by atoms with van der Waals surface area (Å²) in [6.45, 7) is 5.86. The fourth-order valence-electron chi connectivity index (χ4n) is 3.40. The first-order valence-electron chi connectivity index (χ1n) is 12.3. The standard InChI is InChI=1S/C29H36N2O4.ClH/c1-3-5-18-34-28-20-25(33-17-4-2)15-16-27(28)31-29(32)26(30)19-22-11-13-24(14-12-22)35-21-23-9-7-6-8-10-23;/h6-16,20,26H,3-5,17-19,21,30H2,1-2H3,(H,31,32);1H/t26-;/m1./s1. The zero-order valence-electron chi connectivity index (χ0n) is 21.1. The lowest BCUT2D eigenvalue weighted by Crippen LogP contribution is -2.37. The molecule has 0 heterocycles. The van der Waals surface area contributed by atoms with Crippen LogP contribution in [0.4, 0.5) is 5.69 Å². The first-order chi connectivity index (χ1) is 17.1. The number of carbonyl (C=O) groups excluding carboxylic acids is 1. The van der Waals surface area contributed by atoms with Crippen LogP contribution in [0.3, 0.4) is 0 Å². The number of ether oxygens (including phenoxy) is 3. The van der Waals surface area contributed by atoms with Gasteiger partial charge in [-0.2, -0.15) is 0 Å². The minimum atomic E-state index is -0.703. The van der Waals surface area contributed by atoms with Crippen LogP contribution in [0.2, 0.25) is 0 Å². The van der Waals surface area contributed by atoms with E-state index in [9.17, 15) is 4.79 Å². The molecule has 3 aromatic rings. The van der Waals surface area contributed by atoms with Crippen LogP contribution in [0.5, 0.6) is 17.2 Å². The Morgan fingerprint density at radius 1 is 0.833 bits per heavy atom. The Labute approximate surface area is 220 Å². The van der Waals surface area contributed by atoms with E-state index in [1.54, 1.807) is 6.07 Å². The van der Waals surface area contributed by atoms with E-state index in [0.717, 1.165) is 41.9 Å². The van der Waals surface area contributed by atoms with Gasteiger partial charge in [0.05, 0.1) is 24.9 Å². The average molecular weight is 513 g/mol. The van der Waals surface area contributed by atoms with Crippen LogP contribution in [0, 0.1) is 0 Å². The van der Waals surface area contributed by atoms with Crippen LogP contribution < -0.4 is 25.3 Å². The molecule has 0 aliphatic heterocycles. The van der Waals surface area contributed by atoms with Gasteiger partial charge in [-0.15, -0.1) is 12.4 Å². The molecule has 3 rings (SSSR count). The van der Waals surface area contributed by atoms with Crippen molar-refractivity contribution in [2.24, 2.45) is 5.73 Å². The maximum Gasteiger partial charge on any atom is 0.241 e. The highest BCUT2D eigenvalue weighted by Gasteiger charge is 2.17. The molecule has 0 saturated heterocycles. The lowest BCUT2D eigenvalue weighted by atomic mass is 10.1. The Balaban J connectivity index is 0.00000456. The van der Waals surface area contributed by atoms with Gasteiger partial charge in [0.1, 0.15) is 23.9 Å². The number of rotatable bonds is 14. The molecule has 0 aliphatic carbocycles. The molecule has 7 heteroatoms. The number of unbranched alkanes of at least 4 members (excludes halogenated alkanes) is 1. The largest absolute Gasteiger partial charge is 0.493 e. The number of benzene rings is 3. The fraction of sp³-hybridized carbons (Fsp3) is 0.345. The zero-order valence-corrected chi connectivity index (χ0v) is 21.9. The van der Waals surface area contributed by atoms with Gasteiger partial charge in [0, 0.05) is 6.07 Å². The molecule has 36 heavy (non-hydrogen) atoms. The number of amides is 1. The van der Waals surface area contributed by atoms with Crippen molar-refractivity contribution in [2.75, 3.05) is 18.5 Å². The molecule has 0 radical (unpaired) electrons. The number of nitrogens with one attached hydrogen (secondary N) is 1. The zero-order chi connectivity index (χ0) is 24.9. The predicted molar refractivity (Wildman–Crippen MR) is 147 cm³/mol. The summed E-state index contributed by atoms with van der Waals surface area (Å²) in [4.78, 5) is 12.8. The molecule has 0 fully saturated rings. The molecule has 0 bridgehead atoms. The molecule has 0 spiro atoms. The normalized spacial score (nSPS) is 11.2. The van der Waals surface area contributed by atoms with Crippen molar-refractivity contribution in [2.45, 2.75) is 52.2 Å². The third-order valence-electron chi connectivity index (χ3n) is 5.40. The molecule has 0 aromatic heterocycles. The third kappa shape index (κ3) is 9.44. The van der Waals surface area contributed by atoms with Crippen LogP contribution in [0.25, 0.3) is 0 Å². The second-order valence-electron chi connectivity index (χ2n) is 8.43. The summed E-state index contributed by atoms with van der Waals surface area (Å²) < 4.78 is 17.5. The molecule has 194 valence electrons. The number of hydrogen-bond acceptors (Lipinski definition) is 5. The average Bonchev–Trinajstić information content (AvgIpc) is 2.89. The van der Waals surface area contributed by atoms with E-state index in [0.29, 0.717) is 37.7 Å². The molecule has 3 N–H and O–H groups in total. The first kappa shape index (κ1) is 29.0. The molecule has 6 nitrogen and oxygen atoms in total. The SMILES string of the molecule is CCCCOc1cc(OCCC)ccc1NC(=O)[C@H](N)Cc1ccc(OCc2ccccc2)cc1.Cl. The first-order valence-corrected chi connectivity index (χ1v) is 12.3. The lowest BCUT2D eigenvalue weighted by Gasteiger charge is -2.17. The quantitative estimate of drug-likeness (QED) is 0.253. The Kier molecular flexibility index (Phi) is 12.7. The van der Waals surface area contributed by atoms with E-state index in [1.807, 2.05) is 66.7 Å². The Hall–Kier alpha value is -3.22. The highest BCUT2D eigenvalue weighted by molar-refractivity contribution is 5.96. The molecule has 0 unspecified atom stereocenters. The number of halogens is 1. The monoisotopic (exact) mass is 512 g/mol. The summed E-state index contributed by atoms with van der Waals surface area (Å²) in [6.07, 6.45) is 3.28. The molecule has 0 saturated carbocycles. The van der Waals surface area contributed by atoms with Gasteiger partial charge in [-0.25, -0.2) is 0 Å². The van der Waals surface area contributed by atoms with Gasteiger partial charge in [-0.05, 0) is 54.7 Å². The van der Waals surface area contributed by atoms with E-state index >= 15 is 0 Å². The smallest absolute Gasteiger partial charge is 0.241 e. The molecular formula is C29H37ClN2O4. The minimum Gasteiger partial charge on any atom is -0.493 e. The summed E-state index contributed by atoms with van der Waals surface area (Å²) in [5.74, 6) is 1.81. The minimum absolute atomic E-state index is 0. The van der Waals surface area contributed by atoms with Gasteiger partial charge in [0.2, 0.25) is 5.91 Å². The lowest BCUT2D eigenvalue weighted by molar-refractivity contribution is -0.117. The number of hydrogen-bond donors (Lipinski definition) is 2. The van der Waals surface area contributed by atoms with Crippen molar-refractivity contribution in [1.82, 2.24) is 0 Å². The summed E-state index contributed by atoms with van der Waals surface area (Å²) in [5.41, 5.74) is 8.89. The van der Waals surface area contributed by atoms with Crippen LogP contribution in [-0.2, 0) is 17.8 Å². The van der Waals surface area contributed by atoms with Crippen molar-refractivity contribution in [1.29, 1.82) is 0 Å². The van der Waals surface area contributed by atoms with Crippen molar-refractivity contribution in [3.63, 3.8) is 0 Å². The highest BCUT2D eigenvalue weighted by Crippen LogP contribution is 2.30. The van der Waals surface area contributed by atoms with E-state index in [1.165, 1.54) is 0 Å². The molecule has 0 aliphatic rings. The third-order valence-corrected chi connectivity index (χ3v) is 5.40. The summed E-state index contributed by atoms with van der Waals surface area (Å²) in [5, 5.41) is 2.92. The van der Waals surface area contributed by atoms with Crippen molar-refractivity contribution >= 4 is 24.0 Å². The van der Waals surface area contributed by atoms with Crippen molar-refractivity contribution in [3.05, 3.63) is 83.9 Å². The summed E-state index contributed by atoms with van der Waals surface area (Å²) >= 11 is 0.